The van der Waals surface area contributed by atoms with Gasteiger partial charge < -0.3 is 15.0 Å². The Morgan fingerprint density at radius 2 is 2.32 bits per heavy atom. The van der Waals surface area contributed by atoms with Crippen LogP contribution in [0.25, 0.3) is 0 Å². The maximum absolute atomic E-state index is 12.2. The second-order valence-electron chi connectivity index (χ2n) is 5.98. The zero-order valence-electron chi connectivity index (χ0n) is 12.6. The van der Waals surface area contributed by atoms with Gasteiger partial charge in [-0.1, -0.05) is 0 Å². The van der Waals surface area contributed by atoms with Crippen molar-refractivity contribution in [1.29, 1.82) is 0 Å². The summed E-state index contributed by atoms with van der Waals surface area (Å²) >= 11 is 0. The minimum Gasteiger partial charge on any atom is -0.373 e. The molecule has 2 aliphatic heterocycles. The Labute approximate surface area is 129 Å². The van der Waals surface area contributed by atoms with Crippen LogP contribution in [0.1, 0.15) is 36.7 Å². The minimum atomic E-state index is -0.315. The fourth-order valence-corrected chi connectivity index (χ4v) is 3.22. The Kier molecular flexibility index (Phi) is 4.06. The number of hydrogen-bond acceptors (Lipinski definition) is 5. The number of ether oxygens (including phenoxy) is 1. The van der Waals surface area contributed by atoms with E-state index in [1.54, 1.807) is 6.92 Å². The van der Waals surface area contributed by atoms with E-state index in [0.29, 0.717) is 18.8 Å². The van der Waals surface area contributed by atoms with Crippen LogP contribution in [0.2, 0.25) is 0 Å². The predicted octanol–water partition coefficient (Wildman–Crippen LogP) is 0.376. The molecular weight excluding hydrogens is 284 g/mol. The fourth-order valence-electron chi connectivity index (χ4n) is 3.22. The number of rotatable bonds is 2. The summed E-state index contributed by atoms with van der Waals surface area (Å²) in [6.07, 6.45) is 6.81. The van der Waals surface area contributed by atoms with Crippen molar-refractivity contribution < 1.29 is 14.3 Å². The third-order valence-electron chi connectivity index (χ3n) is 4.39. The second-order valence-corrected chi connectivity index (χ2v) is 5.98. The lowest BCUT2D eigenvalue weighted by molar-refractivity contribution is -0.130. The number of carbonyl (C=O) groups excluding carboxylic acids is 2. The van der Waals surface area contributed by atoms with Gasteiger partial charge in [0.2, 0.25) is 5.91 Å². The molecule has 0 aliphatic carbocycles. The van der Waals surface area contributed by atoms with Gasteiger partial charge in [0.05, 0.1) is 11.8 Å². The lowest BCUT2D eigenvalue weighted by atomic mass is 9.89. The SMILES string of the molecule is CC(=O)N1CC[C@@]2(C[C@@H](NC(=O)c3cnccn3)CCO2)C1. The number of amides is 2. The van der Waals surface area contributed by atoms with Crippen LogP contribution in [-0.2, 0) is 9.53 Å². The molecule has 0 radical (unpaired) electrons. The van der Waals surface area contributed by atoms with Crippen molar-refractivity contribution in [3.63, 3.8) is 0 Å². The minimum absolute atomic E-state index is 0.0372. The Bertz CT molecular complexity index is 565. The van der Waals surface area contributed by atoms with Crippen LogP contribution in [0.3, 0.4) is 0 Å². The molecule has 0 aromatic carbocycles. The molecule has 3 rings (SSSR count). The molecule has 2 amide bonds. The highest BCUT2D eigenvalue weighted by Gasteiger charge is 2.44. The summed E-state index contributed by atoms with van der Waals surface area (Å²) in [5, 5.41) is 3.01. The number of hydrogen-bond donors (Lipinski definition) is 1. The highest BCUT2D eigenvalue weighted by atomic mass is 16.5. The van der Waals surface area contributed by atoms with Crippen molar-refractivity contribution in [3.05, 3.63) is 24.3 Å². The highest BCUT2D eigenvalue weighted by Crippen LogP contribution is 2.34. The van der Waals surface area contributed by atoms with Gasteiger partial charge in [0, 0.05) is 45.1 Å². The van der Waals surface area contributed by atoms with E-state index in [2.05, 4.69) is 15.3 Å². The summed E-state index contributed by atoms with van der Waals surface area (Å²) in [6, 6.07) is 0.0372. The van der Waals surface area contributed by atoms with E-state index in [1.165, 1.54) is 18.6 Å². The maximum atomic E-state index is 12.2. The van der Waals surface area contributed by atoms with E-state index in [4.69, 9.17) is 4.74 Å². The van der Waals surface area contributed by atoms with Gasteiger partial charge in [-0.2, -0.15) is 0 Å². The molecule has 2 fully saturated rings. The summed E-state index contributed by atoms with van der Waals surface area (Å²) < 4.78 is 5.95. The molecule has 2 aliphatic rings. The number of nitrogens with one attached hydrogen (secondary N) is 1. The summed E-state index contributed by atoms with van der Waals surface area (Å²) in [6.45, 7) is 3.51. The smallest absolute Gasteiger partial charge is 0.271 e. The second kappa shape index (κ2) is 6.00. The molecule has 7 nitrogen and oxygen atoms in total. The van der Waals surface area contributed by atoms with Gasteiger partial charge >= 0.3 is 0 Å². The van der Waals surface area contributed by atoms with Crippen LogP contribution in [-0.4, -0.2) is 58.0 Å². The van der Waals surface area contributed by atoms with E-state index in [-0.39, 0.29) is 23.5 Å². The van der Waals surface area contributed by atoms with E-state index in [9.17, 15) is 9.59 Å². The number of aromatic nitrogens is 2. The van der Waals surface area contributed by atoms with Crippen LogP contribution in [0.15, 0.2) is 18.6 Å². The zero-order valence-corrected chi connectivity index (χ0v) is 12.6. The van der Waals surface area contributed by atoms with Crippen LogP contribution in [0.4, 0.5) is 0 Å². The van der Waals surface area contributed by atoms with Gasteiger partial charge in [-0.05, 0) is 19.3 Å². The molecule has 0 unspecified atom stereocenters. The highest BCUT2D eigenvalue weighted by molar-refractivity contribution is 5.92. The molecule has 1 spiro atoms. The first kappa shape index (κ1) is 14.9. The van der Waals surface area contributed by atoms with Crippen LogP contribution in [0.5, 0.6) is 0 Å². The van der Waals surface area contributed by atoms with Gasteiger partial charge in [0.25, 0.3) is 5.91 Å². The first-order valence-corrected chi connectivity index (χ1v) is 7.54. The Balaban J connectivity index is 1.62. The van der Waals surface area contributed by atoms with Crippen molar-refractivity contribution in [1.82, 2.24) is 20.2 Å². The Morgan fingerprint density at radius 1 is 1.45 bits per heavy atom. The third kappa shape index (κ3) is 3.09. The number of carbonyl (C=O) groups is 2. The molecule has 3 heterocycles. The third-order valence-corrected chi connectivity index (χ3v) is 4.39. The number of likely N-dealkylation sites (tertiary alicyclic amines) is 1. The first-order valence-electron chi connectivity index (χ1n) is 7.54. The van der Waals surface area contributed by atoms with Gasteiger partial charge in [-0.25, -0.2) is 4.98 Å². The maximum Gasteiger partial charge on any atom is 0.271 e. The van der Waals surface area contributed by atoms with Crippen molar-refractivity contribution in [2.45, 2.75) is 37.8 Å². The quantitative estimate of drug-likeness (QED) is 0.853. The molecule has 22 heavy (non-hydrogen) atoms. The Hall–Kier alpha value is -2.02. The van der Waals surface area contributed by atoms with E-state index in [0.717, 1.165) is 25.8 Å². The Morgan fingerprint density at radius 3 is 3.00 bits per heavy atom. The molecule has 2 atom stereocenters. The lowest BCUT2D eigenvalue weighted by Gasteiger charge is -2.38. The summed E-state index contributed by atoms with van der Waals surface area (Å²) in [5.74, 6) is -0.136. The largest absolute Gasteiger partial charge is 0.373 e. The molecule has 1 N–H and O–H groups in total. The van der Waals surface area contributed by atoms with Gasteiger partial charge in [-0.15, -0.1) is 0 Å². The van der Waals surface area contributed by atoms with Crippen LogP contribution in [0, 0.1) is 0 Å². The van der Waals surface area contributed by atoms with Crippen LogP contribution < -0.4 is 5.32 Å². The fraction of sp³-hybridized carbons (Fsp3) is 0.600. The van der Waals surface area contributed by atoms with Gasteiger partial charge in [-0.3, -0.25) is 14.6 Å². The van der Waals surface area contributed by atoms with E-state index < -0.39 is 0 Å². The van der Waals surface area contributed by atoms with E-state index in [1.807, 2.05) is 4.90 Å². The molecule has 118 valence electrons. The van der Waals surface area contributed by atoms with Gasteiger partial charge in [0.1, 0.15) is 5.69 Å². The molecule has 7 heteroatoms. The number of nitrogens with zero attached hydrogens (tertiary/aromatic N) is 3. The molecule has 0 bridgehead atoms. The molecule has 0 saturated carbocycles. The predicted molar refractivity (Wildman–Crippen MR) is 78.1 cm³/mol. The molecule has 1 aromatic heterocycles. The topological polar surface area (TPSA) is 84.4 Å². The van der Waals surface area contributed by atoms with Crippen molar-refractivity contribution in [3.8, 4) is 0 Å². The monoisotopic (exact) mass is 304 g/mol. The lowest BCUT2D eigenvalue weighted by Crippen LogP contribution is -2.50. The summed E-state index contributed by atoms with van der Waals surface area (Å²) in [7, 11) is 0. The van der Waals surface area contributed by atoms with Crippen molar-refractivity contribution in [2.24, 2.45) is 0 Å². The van der Waals surface area contributed by atoms with Crippen LogP contribution >= 0.6 is 0 Å². The first-order chi connectivity index (χ1) is 10.6. The zero-order chi connectivity index (χ0) is 15.6. The summed E-state index contributed by atoms with van der Waals surface area (Å²) in [5.41, 5.74) is 0.00404. The molecular formula is C15H20N4O3. The average Bonchev–Trinajstić information content (AvgIpc) is 2.92. The standard InChI is InChI=1S/C15H20N4O3/c1-11(20)19-6-3-15(10-19)8-12(2-7-22-15)18-14(21)13-9-16-4-5-17-13/h4-5,9,12H,2-3,6-8,10H2,1H3,(H,18,21)/t12-,15+/m0/s1. The molecule has 2 saturated heterocycles. The normalized spacial score (nSPS) is 27.9. The average molecular weight is 304 g/mol. The van der Waals surface area contributed by atoms with Crippen molar-refractivity contribution >= 4 is 11.8 Å². The van der Waals surface area contributed by atoms with E-state index >= 15 is 0 Å². The van der Waals surface area contributed by atoms with Crippen molar-refractivity contribution in [2.75, 3.05) is 19.7 Å². The van der Waals surface area contributed by atoms with Gasteiger partial charge in [0.15, 0.2) is 0 Å². The molecule has 1 aromatic rings. The summed E-state index contributed by atoms with van der Waals surface area (Å²) in [4.78, 5) is 33.4.